The van der Waals surface area contributed by atoms with E-state index in [1.54, 1.807) is 40.9 Å². The summed E-state index contributed by atoms with van der Waals surface area (Å²) in [5, 5.41) is 11.1. The van der Waals surface area contributed by atoms with Crippen molar-refractivity contribution in [1.82, 2.24) is 4.90 Å². The molecule has 0 radical (unpaired) electrons. The highest BCUT2D eigenvalue weighted by atomic mass is 32.2. The minimum atomic E-state index is 0.0122. The van der Waals surface area contributed by atoms with Gasteiger partial charge in [-0.25, -0.2) is 4.99 Å². The van der Waals surface area contributed by atoms with Gasteiger partial charge in [0.05, 0.1) is 16.4 Å². The summed E-state index contributed by atoms with van der Waals surface area (Å²) < 4.78 is 0. The molecule has 2 heterocycles. The molecule has 2 aliphatic rings. The van der Waals surface area contributed by atoms with E-state index in [2.05, 4.69) is 24.0 Å². The fourth-order valence-corrected chi connectivity index (χ4v) is 5.44. The number of phenolic OH excluding ortho intramolecular Hbond substituents is 1. The molecule has 1 N–H and O–H groups in total. The number of nitrogens with zero attached hydrogens (tertiary/aromatic N) is 3. The number of rotatable bonds is 4. The Bertz CT molecular complexity index is 970. The van der Waals surface area contributed by atoms with E-state index in [1.165, 1.54) is 11.8 Å². The monoisotopic (exact) mass is 411 g/mol. The number of benzene rings is 2. The van der Waals surface area contributed by atoms with Gasteiger partial charge in [-0.2, -0.15) is 0 Å². The number of thioether (sulfide) groups is 2. The maximum Gasteiger partial charge on any atom is 0.269 e. The molecule has 4 rings (SSSR count). The van der Waals surface area contributed by atoms with E-state index in [-0.39, 0.29) is 11.7 Å². The molecule has 1 saturated heterocycles. The summed E-state index contributed by atoms with van der Waals surface area (Å²) in [4.78, 5) is 23.7. The largest absolute Gasteiger partial charge is 0.508 e. The van der Waals surface area contributed by atoms with Crippen molar-refractivity contribution in [3.63, 3.8) is 0 Å². The minimum absolute atomic E-state index is 0.0122. The third kappa shape index (κ3) is 3.52. The Kier molecular flexibility index (Phi) is 5.37. The number of carbonyl (C=O) groups excluding carboxylic acids is 1. The summed E-state index contributed by atoms with van der Waals surface area (Å²) in [6, 6.07) is 14.9. The number of anilines is 1. The molecule has 1 fully saturated rings. The first-order chi connectivity index (χ1) is 13.6. The Morgan fingerprint density at radius 2 is 1.82 bits per heavy atom. The third-order valence-electron chi connectivity index (χ3n) is 4.61. The van der Waals surface area contributed by atoms with Crippen LogP contribution in [-0.2, 0) is 4.79 Å². The van der Waals surface area contributed by atoms with Crippen LogP contribution in [0.15, 0.2) is 68.4 Å². The van der Waals surface area contributed by atoms with E-state index in [4.69, 9.17) is 4.99 Å². The SMILES string of the molecule is CCCCN1C(=O)C(=C2Sc3ccccc3N2C)SC1=Nc1ccc(O)cc1. The van der Waals surface area contributed by atoms with Crippen molar-refractivity contribution < 1.29 is 9.90 Å². The summed E-state index contributed by atoms with van der Waals surface area (Å²) in [6.45, 7) is 2.76. The highest BCUT2D eigenvalue weighted by molar-refractivity contribution is 8.19. The van der Waals surface area contributed by atoms with Gasteiger partial charge >= 0.3 is 0 Å². The third-order valence-corrected chi connectivity index (χ3v) is 7.04. The van der Waals surface area contributed by atoms with Gasteiger partial charge in [-0.15, -0.1) is 0 Å². The molecule has 2 aromatic carbocycles. The van der Waals surface area contributed by atoms with Crippen molar-refractivity contribution in [3.8, 4) is 5.75 Å². The molecule has 144 valence electrons. The average molecular weight is 412 g/mol. The van der Waals surface area contributed by atoms with Crippen molar-refractivity contribution in [2.24, 2.45) is 4.99 Å². The van der Waals surface area contributed by atoms with E-state index < -0.39 is 0 Å². The van der Waals surface area contributed by atoms with Crippen molar-refractivity contribution in [3.05, 3.63) is 58.5 Å². The average Bonchev–Trinajstić information content (AvgIpc) is 3.19. The first-order valence-electron chi connectivity index (χ1n) is 9.21. The van der Waals surface area contributed by atoms with Crippen LogP contribution in [0.3, 0.4) is 0 Å². The molecular weight excluding hydrogens is 390 g/mol. The standard InChI is InChI=1S/C21H21N3O2S2/c1-3-4-13-24-19(26)18(20-23(2)16-7-5-6-8-17(16)27-20)28-21(24)22-14-9-11-15(25)12-10-14/h5-12,25H,3-4,13H2,1-2H3. The first-order valence-corrected chi connectivity index (χ1v) is 10.8. The second kappa shape index (κ2) is 7.93. The molecule has 7 heteroatoms. The zero-order valence-electron chi connectivity index (χ0n) is 15.8. The van der Waals surface area contributed by atoms with Crippen LogP contribution in [-0.4, -0.2) is 34.7 Å². The van der Waals surface area contributed by atoms with Gasteiger partial charge in [-0.3, -0.25) is 9.69 Å². The van der Waals surface area contributed by atoms with Gasteiger partial charge in [0.2, 0.25) is 0 Å². The summed E-state index contributed by atoms with van der Waals surface area (Å²) in [5.41, 5.74) is 1.84. The molecule has 0 unspecified atom stereocenters. The lowest BCUT2D eigenvalue weighted by atomic mass is 10.3. The van der Waals surface area contributed by atoms with Crippen LogP contribution in [0.1, 0.15) is 19.8 Å². The molecule has 0 saturated carbocycles. The van der Waals surface area contributed by atoms with Gasteiger partial charge in [0, 0.05) is 18.5 Å². The number of aliphatic imine (C=N–C) groups is 1. The molecule has 0 spiro atoms. The van der Waals surface area contributed by atoms with Crippen molar-refractivity contribution in [1.29, 1.82) is 0 Å². The molecule has 0 aliphatic carbocycles. The lowest BCUT2D eigenvalue weighted by molar-refractivity contribution is -0.122. The minimum Gasteiger partial charge on any atom is -0.508 e. The van der Waals surface area contributed by atoms with Crippen molar-refractivity contribution in [2.75, 3.05) is 18.5 Å². The topological polar surface area (TPSA) is 56.1 Å². The van der Waals surface area contributed by atoms with E-state index in [0.29, 0.717) is 11.7 Å². The number of unbranched alkanes of at least 4 members (excludes halogenated alkanes) is 1. The van der Waals surface area contributed by atoms with Crippen LogP contribution in [0.25, 0.3) is 0 Å². The molecule has 2 aliphatic heterocycles. The molecule has 28 heavy (non-hydrogen) atoms. The highest BCUT2D eigenvalue weighted by Crippen LogP contribution is 2.50. The Balaban J connectivity index is 1.71. The zero-order chi connectivity index (χ0) is 19.7. The first kappa shape index (κ1) is 19.0. The van der Waals surface area contributed by atoms with Crippen molar-refractivity contribution >= 4 is 46.0 Å². The fourth-order valence-electron chi connectivity index (χ4n) is 3.07. The zero-order valence-corrected chi connectivity index (χ0v) is 17.4. The number of phenols is 1. The van der Waals surface area contributed by atoms with E-state index >= 15 is 0 Å². The van der Waals surface area contributed by atoms with Gasteiger partial charge in [0.15, 0.2) is 5.17 Å². The Labute approximate surface area is 173 Å². The van der Waals surface area contributed by atoms with Crippen LogP contribution in [0.4, 0.5) is 11.4 Å². The smallest absolute Gasteiger partial charge is 0.269 e. The Hall–Kier alpha value is -2.38. The maximum absolute atomic E-state index is 13.2. The number of para-hydroxylation sites is 1. The van der Waals surface area contributed by atoms with E-state index in [0.717, 1.165) is 39.0 Å². The lowest BCUT2D eigenvalue weighted by Crippen LogP contribution is -2.30. The summed E-state index contributed by atoms with van der Waals surface area (Å²) in [6.07, 6.45) is 1.93. The number of amidine groups is 1. The predicted octanol–water partition coefficient (Wildman–Crippen LogP) is 5.17. The normalized spacial score (nSPS) is 20.4. The summed E-state index contributed by atoms with van der Waals surface area (Å²) in [7, 11) is 2.00. The van der Waals surface area contributed by atoms with Gasteiger partial charge in [-0.1, -0.05) is 37.2 Å². The number of hydrogen-bond acceptors (Lipinski definition) is 6. The number of carbonyl (C=O) groups is 1. The van der Waals surface area contributed by atoms with Crippen LogP contribution in [0, 0.1) is 0 Å². The lowest BCUT2D eigenvalue weighted by Gasteiger charge is -2.16. The Morgan fingerprint density at radius 3 is 2.54 bits per heavy atom. The molecular formula is C21H21N3O2S2. The van der Waals surface area contributed by atoms with Crippen LogP contribution in [0.2, 0.25) is 0 Å². The summed E-state index contributed by atoms with van der Waals surface area (Å²) in [5.74, 6) is 0.213. The van der Waals surface area contributed by atoms with Gasteiger partial charge < -0.3 is 10.0 Å². The number of aromatic hydroxyl groups is 1. The van der Waals surface area contributed by atoms with Crippen LogP contribution < -0.4 is 4.90 Å². The molecule has 0 aromatic heterocycles. The quantitative estimate of drug-likeness (QED) is 0.704. The second-order valence-electron chi connectivity index (χ2n) is 6.59. The maximum atomic E-state index is 13.2. The Morgan fingerprint density at radius 1 is 1.07 bits per heavy atom. The molecule has 2 aromatic rings. The van der Waals surface area contributed by atoms with Crippen LogP contribution in [0.5, 0.6) is 5.75 Å². The van der Waals surface area contributed by atoms with Gasteiger partial charge in [-0.05, 0) is 54.6 Å². The van der Waals surface area contributed by atoms with Crippen LogP contribution >= 0.6 is 23.5 Å². The highest BCUT2D eigenvalue weighted by Gasteiger charge is 2.38. The number of amides is 1. The summed E-state index contributed by atoms with van der Waals surface area (Å²) >= 11 is 3.06. The fraction of sp³-hybridized carbons (Fsp3) is 0.238. The van der Waals surface area contributed by atoms with Gasteiger partial charge in [0.25, 0.3) is 5.91 Å². The second-order valence-corrected chi connectivity index (χ2v) is 8.59. The number of fused-ring (bicyclic) bond motifs is 1. The molecule has 1 amide bonds. The predicted molar refractivity (Wildman–Crippen MR) is 117 cm³/mol. The van der Waals surface area contributed by atoms with E-state index in [9.17, 15) is 9.90 Å². The number of hydrogen-bond donors (Lipinski definition) is 1. The molecule has 0 bridgehead atoms. The molecule has 0 atom stereocenters. The van der Waals surface area contributed by atoms with Crippen molar-refractivity contribution in [2.45, 2.75) is 24.7 Å². The van der Waals surface area contributed by atoms with E-state index in [1.807, 2.05) is 19.2 Å². The molecule has 5 nitrogen and oxygen atoms in total. The van der Waals surface area contributed by atoms with Gasteiger partial charge in [0.1, 0.15) is 10.7 Å².